The molecule has 2 aromatic rings. The predicted molar refractivity (Wildman–Crippen MR) is 92.4 cm³/mol. The summed E-state index contributed by atoms with van der Waals surface area (Å²) in [6.45, 7) is 9.00. The Morgan fingerprint density at radius 2 is 1.76 bits per heavy atom. The third-order valence-electron chi connectivity index (χ3n) is 4.42. The summed E-state index contributed by atoms with van der Waals surface area (Å²) in [6.07, 6.45) is 5.80. The van der Waals surface area contributed by atoms with Gasteiger partial charge in [0.1, 0.15) is 0 Å². The van der Waals surface area contributed by atoms with E-state index in [1.807, 2.05) is 0 Å². The summed E-state index contributed by atoms with van der Waals surface area (Å²) in [7, 11) is 0. The molecule has 1 aliphatic carbocycles. The molecule has 0 unspecified atom stereocenters. The van der Waals surface area contributed by atoms with Crippen molar-refractivity contribution in [1.29, 1.82) is 0 Å². The fourth-order valence-electron chi connectivity index (χ4n) is 3.24. The van der Waals surface area contributed by atoms with Crippen LogP contribution in [0.1, 0.15) is 55.4 Å². The molecule has 0 heteroatoms. The fourth-order valence-corrected chi connectivity index (χ4v) is 3.24. The largest absolute Gasteiger partial charge is 0.0619 e. The van der Waals surface area contributed by atoms with Gasteiger partial charge in [-0.2, -0.15) is 0 Å². The molecule has 1 radical (unpaired) electrons. The van der Waals surface area contributed by atoms with Crippen LogP contribution in [0.2, 0.25) is 0 Å². The molecule has 2 aromatic carbocycles. The average molecular weight is 275 g/mol. The topological polar surface area (TPSA) is 0 Å². The number of allylic oxidation sites excluding steroid dienone is 1. The highest BCUT2D eigenvalue weighted by Gasteiger charge is 2.19. The van der Waals surface area contributed by atoms with Crippen molar-refractivity contribution in [2.75, 3.05) is 0 Å². The van der Waals surface area contributed by atoms with Crippen molar-refractivity contribution in [2.45, 2.75) is 40.0 Å². The number of hydrogen-bond acceptors (Lipinski definition) is 0. The van der Waals surface area contributed by atoms with Gasteiger partial charge >= 0.3 is 0 Å². The molecule has 0 spiro atoms. The Labute approximate surface area is 128 Å². The van der Waals surface area contributed by atoms with Crippen LogP contribution in [-0.4, -0.2) is 0 Å². The molecule has 0 saturated heterocycles. The first-order valence-corrected chi connectivity index (χ1v) is 7.90. The van der Waals surface area contributed by atoms with Gasteiger partial charge in [0.25, 0.3) is 0 Å². The molecule has 0 bridgehead atoms. The lowest BCUT2D eigenvalue weighted by atomic mass is 9.87. The summed E-state index contributed by atoms with van der Waals surface area (Å²) >= 11 is 0. The third-order valence-corrected chi connectivity index (χ3v) is 4.42. The second-order valence-electron chi connectivity index (χ2n) is 6.22. The summed E-state index contributed by atoms with van der Waals surface area (Å²) in [5.74, 6) is 0.538. The molecular weight excluding hydrogens is 252 g/mol. The first-order valence-electron chi connectivity index (χ1n) is 7.90. The van der Waals surface area contributed by atoms with Crippen molar-refractivity contribution in [2.24, 2.45) is 0 Å². The Balaban J connectivity index is 2.26. The van der Waals surface area contributed by atoms with Gasteiger partial charge in [-0.15, -0.1) is 0 Å². The van der Waals surface area contributed by atoms with Crippen molar-refractivity contribution >= 4 is 6.08 Å². The van der Waals surface area contributed by atoms with Crippen molar-refractivity contribution in [3.8, 4) is 11.1 Å². The molecule has 3 rings (SSSR count). The van der Waals surface area contributed by atoms with Crippen LogP contribution in [0.15, 0.2) is 42.0 Å². The van der Waals surface area contributed by atoms with Gasteiger partial charge in [0, 0.05) is 6.42 Å². The van der Waals surface area contributed by atoms with Gasteiger partial charge in [-0.05, 0) is 52.6 Å². The molecule has 0 saturated carbocycles. The molecule has 0 amide bonds. The van der Waals surface area contributed by atoms with Crippen LogP contribution >= 0.6 is 0 Å². The highest BCUT2D eigenvalue weighted by Crippen LogP contribution is 2.40. The average Bonchev–Trinajstić information content (AvgIpc) is 2.90. The smallest absolute Gasteiger partial charge is 0.0164 e. The van der Waals surface area contributed by atoms with Crippen molar-refractivity contribution < 1.29 is 0 Å². The molecule has 0 aliphatic heterocycles. The van der Waals surface area contributed by atoms with E-state index < -0.39 is 0 Å². The highest BCUT2D eigenvalue weighted by molar-refractivity contribution is 5.86. The van der Waals surface area contributed by atoms with E-state index in [1.165, 1.54) is 39.0 Å². The molecule has 0 fully saturated rings. The second kappa shape index (κ2) is 5.52. The van der Waals surface area contributed by atoms with Gasteiger partial charge in [0.2, 0.25) is 0 Å². The Morgan fingerprint density at radius 3 is 2.48 bits per heavy atom. The zero-order chi connectivity index (χ0) is 15.0. The van der Waals surface area contributed by atoms with E-state index >= 15 is 0 Å². The number of hydrogen-bond donors (Lipinski definition) is 0. The van der Waals surface area contributed by atoms with Crippen LogP contribution in [0, 0.1) is 13.3 Å². The minimum absolute atomic E-state index is 0.538. The minimum Gasteiger partial charge on any atom is -0.0619 e. The predicted octanol–water partition coefficient (Wildman–Crippen LogP) is 6.14. The Bertz CT molecular complexity index is 702. The zero-order valence-corrected chi connectivity index (χ0v) is 13.4. The summed E-state index contributed by atoms with van der Waals surface area (Å²) in [6, 6.07) is 13.4. The minimum atomic E-state index is 0.538. The molecule has 21 heavy (non-hydrogen) atoms. The van der Waals surface area contributed by atoms with Gasteiger partial charge < -0.3 is 0 Å². The third kappa shape index (κ3) is 2.44. The van der Waals surface area contributed by atoms with Gasteiger partial charge in [0.05, 0.1) is 0 Å². The number of fused-ring (bicyclic) bond motifs is 1. The quantitative estimate of drug-likeness (QED) is 0.630. The highest BCUT2D eigenvalue weighted by atomic mass is 14.2. The normalized spacial score (nSPS) is 13.5. The standard InChI is InChI=1S/C21H23/c1-5-16-12-17-11-10-15(4)21(20(17)13-16)19-9-7-6-8-18(19)14(2)3/h6-14H,5H2,1-4H3. The first kappa shape index (κ1) is 14.1. The molecule has 1 aliphatic rings. The summed E-state index contributed by atoms with van der Waals surface area (Å²) < 4.78 is 0. The maximum atomic E-state index is 2.37. The SMILES string of the molecule is CCC1=Cc2c(ccc(C)c2-c2ccccc2C(C)C)[CH]1. The van der Waals surface area contributed by atoms with Crippen LogP contribution in [0.5, 0.6) is 0 Å². The van der Waals surface area contributed by atoms with Gasteiger partial charge in [-0.3, -0.25) is 0 Å². The lowest BCUT2D eigenvalue weighted by molar-refractivity contribution is 0.869. The molecule has 0 nitrogen and oxygen atoms in total. The van der Waals surface area contributed by atoms with E-state index in [-0.39, 0.29) is 0 Å². The van der Waals surface area contributed by atoms with Crippen LogP contribution in [-0.2, 0) is 0 Å². The maximum Gasteiger partial charge on any atom is 0.0164 e. The maximum absolute atomic E-state index is 2.37. The van der Waals surface area contributed by atoms with E-state index in [4.69, 9.17) is 0 Å². The lowest BCUT2D eigenvalue weighted by Crippen LogP contribution is -1.96. The van der Waals surface area contributed by atoms with Gasteiger partial charge in [-0.1, -0.05) is 68.8 Å². The van der Waals surface area contributed by atoms with Gasteiger partial charge in [-0.25, -0.2) is 0 Å². The Hall–Kier alpha value is -1.82. The second-order valence-corrected chi connectivity index (χ2v) is 6.22. The van der Waals surface area contributed by atoms with Crippen LogP contribution in [0.25, 0.3) is 17.2 Å². The van der Waals surface area contributed by atoms with Crippen molar-refractivity contribution in [3.63, 3.8) is 0 Å². The van der Waals surface area contributed by atoms with E-state index in [2.05, 4.69) is 76.6 Å². The van der Waals surface area contributed by atoms with E-state index in [0.717, 1.165) is 6.42 Å². The first-order chi connectivity index (χ1) is 10.1. The van der Waals surface area contributed by atoms with Gasteiger partial charge in [0.15, 0.2) is 0 Å². The molecule has 107 valence electrons. The summed E-state index contributed by atoms with van der Waals surface area (Å²) in [5.41, 5.74) is 9.81. The molecule has 0 N–H and O–H groups in total. The molecular formula is C21H23. The monoisotopic (exact) mass is 275 g/mol. The Morgan fingerprint density at radius 1 is 1.00 bits per heavy atom. The Kier molecular flexibility index (Phi) is 3.71. The summed E-state index contributed by atoms with van der Waals surface area (Å²) in [4.78, 5) is 0. The number of aryl methyl sites for hydroxylation is 1. The van der Waals surface area contributed by atoms with E-state index in [0.29, 0.717) is 5.92 Å². The molecule has 0 aromatic heterocycles. The van der Waals surface area contributed by atoms with Crippen molar-refractivity contribution in [3.05, 3.63) is 70.6 Å². The molecule has 0 heterocycles. The van der Waals surface area contributed by atoms with E-state index in [9.17, 15) is 0 Å². The number of benzene rings is 2. The van der Waals surface area contributed by atoms with Crippen LogP contribution < -0.4 is 0 Å². The summed E-state index contributed by atoms with van der Waals surface area (Å²) in [5, 5.41) is 0. The molecule has 0 atom stereocenters. The van der Waals surface area contributed by atoms with Crippen LogP contribution in [0.3, 0.4) is 0 Å². The van der Waals surface area contributed by atoms with Crippen LogP contribution in [0.4, 0.5) is 0 Å². The number of rotatable bonds is 3. The lowest BCUT2D eigenvalue weighted by Gasteiger charge is -2.17. The van der Waals surface area contributed by atoms with Crippen molar-refractivity contribution in [1.82, 2.24) is 0 Å². The zero-order valence-electron chi connectivity index (χ0n) is 13.4. The van der Waals surface area contributed by atoms with E-state index in [1.54, 1.807) is 0 Å². The fraction of sp³-hybridized carbons (Fsp3) is 0.286.